The molecule has 0 unspecified atom stereocenters. The molecule has 1 fully saturated rings. The van der Waals surface area contributed by atoms with Crippen molar-refractivity contribution in [3.63, 3.8) is 0 Å². The summed E-state index contributed by atoms with van der Waals surface area (Å²) in [4.78, 5) is 14.2. The normalized spacial score (nSPS) is 16.2. The van der Waals surface area contributed by atoms with Gasteiger partial charge in [0.2, 0.25) is 10.0 Å². The standard InChI is InChI=1S/C16H23ClN2O4S/c1-3-4-11-24(21,22)19-9-7-18(8-10-19)16(20)13-5-6-15(23-2)14(17)12-13/h5-6,12H,3-4,7-11H2,1-2H3. The van der Waals surface area contributed by atoms with Gasteiger partial charge < -0.3 is 9.64 Å². The second-order valence-electron chi connectivity index (χ2n) is 5.71. The molecule has 0 radical (unpaired) electrons. The molecule has 1 aliphatic heterocycles. The van der Waals surface area contributed by atoms with Gasteiger partial charge in [-0.3, -0.25) is 4.79 Å². The number of methoxy groups -OCH3 is 1. The number of hydrogen-bond acceptors (Lipinski definition) is 4. The van der Waals surface area contributed by atoms with Gasteiger partial charge >= 0.3 is 0 Å². The van der Waals surface area contributed by atoms with Crippen LogP contribution in [-0.2, 0) is 10.0 Å². The van der Waals surface area contributed by atoms with Crippen molar-refractivity contribution < 1.29 is 17.9 Å². The third-order valence-electron chi connectivity index (χ3n) is 4.07. The number of ether oxygens (including phenoxy) is 1. The molecule has 1 aliphatic rings. The summed E-state index contributed by atoms with van der Waals surface area (Å²) in [5.74, 6) is 0.538. The van der Waals surface area contributed by atoms with Crippen molar-refractivity contribution in [1.82, 2.24) is 9.21 Å². The third-order valence-corrected chi connectivity index (χ3v) is 6.33. The lowest BCUT2D eigenvalue weighted by molar-refractivity contribution is 0.0698. The van der Waals surface area contributed by atoms with Crippen LogP contribution in [0.1, 0.15) is 30.1 Å². The summed E-state index contributed by atoms with van der Waals surface area (Å²) in [7, 11) is -1.70. The molecule has 0 spiro atoms. The number of carbonyl (C=O) groups is 1. The van der Waals surface area contributed by atoms with Crippen LogP contribution >= 0.6 is 11.6 Å². The van der Waals surface area contributed by atoms with E-state index in [4.69, 9.17) is 16.3 Å². The second kappa shape index (κ2) is 8.18. The summed E-state index contributed by atoms with van der Waals surface area (Å²) in [5, 5.41) is 0.379. The molecule has 6 nitrogen and oxygen atoms in total. The van der Waals surface area contributed by atoms with Crippen LogP contribution in [0.25, 0.3) is 0 Å². The van der Waals surface area contributed by atoms with Crippen molar-refractivity contribution in [2.75, 3.05) is 39.0 Å². The van der Waals surface area contributed by atoms with E-state index < -0.39 is 10.0 Å². The Morgan fingerprint density at radius 2 is 1.92 bits per heavy atom. The highest BCUT2D eigenvalue weighted by atomic mass is 35.5. The zero-order chi connectivity index (χ0) is 17.7. The van der Waals surface area contributed by atoms with Crippen LogP contribution in [-0.4, -0.2) is 62.6 Å². The maximum absolute atomic E-state index is 12.5. The first-order valence-electron chi connectivity index (χ1n) is 7.99. The van der Waals surface area contributed by atoms with Gasteiger partial charge in [-0.25, -0.2) is 8.42 Å². The predicted octanol–water partition coefficient (Wildman–Crippen LogP) is 2.24. The molecule has 1 aromatic carbocycles. The number of nitrogens with zero attached hydrogens (tertiary/aromatic N) is 2. The lowest BCUT2D eigenvalue weighted by atomic mass is 10.1. The van der Waals surface area contributed by atoms with Crippen molar-refractivity contribution in [3.05, 3.63) is 28.8 Å². The quantitative estimate of drug-likeness (QED) is 0.765. The van der Waals surface area contributed by atoms with Gasteiger partial charge in [-0.05, 0) is 24.6 Å². The molecule has 0 atom stereocenters. The molecule has 1 amide bonds. The Labute approximate surface area is 148 Å². The SMILES string of the molecule is CCCCS(=O)(=O)N1CCN(C(=O)c2ccc(OC)c(Cl)c2)CC1. The average Bonchev–Trinajstić information content (AvgIpc) is 2.59. The summed E-state index contributed by atoms with van der Waals surface area (Å²) in [5.41, 5.74) is 0.475. The molecular weight excluding hydrogens is 352 g/mol. The number of amides is 1. The summed E-state index contributed by atoms with van der Waals surface area (Å²) >= 11 is 6.06. The highest BCUT2D eigenvalue weighted by Gasteiger charge is 2.28. The Bertz CT molecular complexity index is 685. The number of hydrogen-bond donors (Lipinski definition) is 0. The summed E-state index contributed by atoms with van der Waals surface area (Å²) in [6.07, 6.45) is 1.50. The molecule has 0 aliphatic carbocycles. The predicted molar refractivity (Wildman–Crippen MR) is 94.2 cm³/mol. The smallest absolute Gasteiger partial charge is 0.253 e. The van der Waals surface area contributed by atoms with Crippen LogP contribution in [0.5, 0.6) is 5.75 Å². The molecule has 134 valence electrons. The van der Waals surface area contributed by atoms with Crippen molar-refractivity contribution in [3.8, 4) is 5.75 Å². The zero-order valence-electron chi connectivity index (χ0n) is 14.0. The molecule has 8 heteroatoms. The number of piperazine rings is 1. The third kappa shape index (κ3) is 4.40. The molecule has 2 rings (SSSR count). The van der Waals surface area contributed by atoms with Gasteiger partial charge in [0.15, 0.2) is 0 Å². The maximum Gasteiger partial charge on any atom is 0.253 e. The lowest BCUT2D eigenvalue weighted by Gasteiger charge is -2.34. The minimum absolute atomic E-state index is 0.148. The first kappa shape index (κ1) is 19.0. The minimum Gasteiger partial charge on any atom is -0.495 e. The van der Waals surface area contributed by atoms with Crippen molar-refractivity contribution in [2.45, 2.75) is 19.8 Å². The van der Waals surface area contributed by atoms with E-state index in [1.165, 1.54) is 11.4 Å². The van der Waals surface area contributed by atoms with Crippen LogP contribution < -0.4 is 4.74 Å². The van der Waals surface area contributed by atoms with Crippen LogP contribution in [0.3, 0.4) is 0 Å². The Kier molecular flexibility index (Phi) is 6.48. The van der Waals surface area contributed by atoms with E-state index in [1.54, 1.807) is 23.1 Å². The van der Waals surface area contributed by atoms with Crippen LogP contribution in [0.15, 0.2) is 18.2 Å². The molecule has 24 heavy (non-hydrogen) atoms. The van der Waals surface area contributed by atoms with E-state index in [1.807, 2.05) is 6.92 Å². The number of carbonyl (C=O) groups excluding carboxylic acids is 1. The number of sulfonamides is 1. The van der Waals surface area contributed by atoms with Crippen LogP contribution in [0, 0.1) is 0 Å². The number of unbranched alkanes of at least 4 members (excludes halogenated alkanes) is 1. The average molecular weight is 375 g/mol. The van der Waals surface area contributed by atoms with Gasteiger partial charge in [-0.15, -0.1) is 0 Å². The fraction of sp³-hybridized carbons (Fsp3) is 0.562. The van der Waals surface area contributed by atoms with Crippen molar-refractivity contribution in [2.24, 2.45) is 0 Å². The van der Waals surface area contributed by atoms with Gasteiger partial charge in [0.05, 0.1) is 17.9 Å². The summed E-state index contributed by atoms with van der Waals surface area (Å²) in [6.45, 7) is 3.40. The summed E-state index contributed by atoms with van der Waals surface area (Å²) < 4.78 is 31.0. The molecule has 1 aromatic rings. The molecule has 0 bridgehead atoms. The van der Waals surface area contributed by atoms with E-state index in [2.05, 4.69) is 0 Å². The number of rotatable bonds is 6. The molecule has 0 N–H and O–H groups in total. The Balaban J connectivity index is 1.99. The van der Waals surface area contributed by atoms with Gasteiger partial charge in [0, 0.05) is 31.7 Å². The molecule has 0 saturated carbocycles. The Morgan fingerprint density at radius 1 is 1.25 bits per heavy atom. The van der Waals surface area contributed by atoms with Gasteiger partial charge in [-0.1, -0.05) is 24.9 Å². The van der Waals surface area contributed by atoms with Crippen molar-refractivity contribution >= 4 is 27.5 Å². The molecule has 1 heterocycles. The highest BCUT2D eigenvalue weighted by molar-refractivity contribution is 7.89. The van der Waals surface area contributed by atoms with Gasteiger partial charge in [0.1, 0.15) is 5.75 Å². The lowest BCUT2D eigenvalue weighted by Crippen LogP contribution is -2.51. The monoisotopic (exact) mass is 374 g/mol. The summed E-state index contributed by atoms with van der Waals surface area (Å²) in [6, 6.07) is 4.89. The van der Waals surface area contributed by atoms with E-state index in [0.717, 1.165) is 6.42 Å². The topological polar surface area (TPSA) is 66.9 Å². The largest absolute Gasteiger partial charge is 0.495 e. The van der Waals surface area contributed by atoms with Gasteiger partial charge in [0.25, 0.3) is 5.91 Å². The minimum atomic E-state index is -3.22. The van der Waals surface area contributed by atoms with E-state index in [9.17, 15) is 13.2 Å². The fourth-order valence-corrected chi connectivity index (χ4v) is 4.50. The number of halogens is 1. The molecular formula is C16H23ClN2O4S. The highest BCUT2D eigenvalue weighted by Crippen LogP contribution is 2.25. The van der Waals surface area contributed by atoms with E-state index in [0.29, 0.717) is 48.9 Å². The molecule has 0 aromatic heterocycles. The fourth-order valence-electron chi connectivity index (χ4n) is 2.61. The first-order valence-corrected chi connectivity index (χ1v) is 9.98. The Morgan fingerprint density at radius 3 is 2.46 bits per heavy atom. The number of benzene rings is 1. The van der Waals surface area contributed by atoms with Gasteiger partial charge in [-0.2, -0.15) is 4.31 Å². The first-order chi connectivity index (χ1) is 11.4. The Hall–Kier alpha value is -1.31. The second-order valence-corrected chi connectivity index (χ2v) is 8.21. The van der Waals surface area contributed by atoms with Crippen molar-refractivity contribution in [1.29, 1.82) is 0 Å². The maximum atomic E-state index is 12.5. The molecule has 1 saturated heterocycles. The van der Waals surface area contributed by atoms with E-state index in [-0.39, 0.29) is 11.7 Å². The van der Waals surface area contributed by atoms with Crippen LogP contribution in [0.4, 0.5) is 0 Å². The van der Waals surface area contributed by atoms with Crippen LogP contribution in [0.2, 0.25) is 5.02 Å². The zero-order valence-corrected chi connectivity index (χ0v) is 15.6. The van der Waals surface area contributed by atoms with E-state index >= 15 is 0 Å².